The molecule has 1 aliphatic heterocycles. The van der Waals surface area contributed by atoms with Crippen LogP contribution in [0, 0.1) is 38.4 Å². The van der Waals surface area contributed by atoms with E-state index in [0.29, 0.717) is 86.2 Å². The van der Waals surface area contributed by atoms with Crippen molar-refractivity contribution in [1.29, 1.82) is 0 Å². The zero-order chi connectivity index (χ0) is 66.7. The van der Waals surface area contributed by atoms with Gasteiger partial charge >= 0.3 is 5.97 Å². The molecule has 2 rings (SSSR count). The van der Waals surface area contributed by atoms with Crippen molar-refractivity contribution in [1.82, 2.24) is 0 Å². The third-order valence-electron chi connectivity index (χ3n) is 13.8. The molecule has 11 heteroatoms. The van der Waals surface area contributed by atoms with Crippen molar-refractivity contribution in [2.75, 3.05) is 19.0 Å². The second-order valence-corrected chi connectivity index (χ2v) is 34.5. The largest absolute Gasteiger partial charge is 0.465 e. The van der Waals surface area contributed by atoms with E-state index < -0.39 is 11.5 Å². The predicted octanol–water partition coefficient (Wildman–Crippen LogP) is 20.7. The first-order valence-corrected chi connectivity index (χ1v) is 34.8. The molecule has 0 saturated carbocycles. The van der Waals surface area contributed by atoms with Crippen molar-refractivity contribution >= 4 is 56.5 Å². The Morgan fingerprint density at radius 1 is 0.635 bits per heavy atom. The highest BCUT2D eigenvalue weighted by molar-refractivity contribution is 8.77. The summed E-state index contributed by atoms with van der Waals surface area (Å²) < 4.78 is 11.4. The number of carbonyl (C=O) groups excluding carboxylic acids is 6. The van der Waals surface area contributed by atoms with Crippen molar-refractivity contribution in [3.63, 3.8) is 0 Å². The number of ketones is 5. The summed E-state index contributed by atoms with van der Waals surface area (Å²) in [6.45, 7) is 54.3. The fourth-order valence-electron chi connectivity index (χ4n) is 8.44. The smallest absolute Gasteiger partial charge is 0.305 e. The second kappa shape index (κ2) is 42.2. The first-order valence-electron chi connectivity index (χ1n) is 32.5. The molecule has 1 aromatic rings. The lowest BCUT2D eigenvalue weighted by atomic mass is 9.77. The summed E-state index contributed by atoms with van der Waals surface area (Å²) in [5.41, 5.74) is 1.38. The molecule has 1 aromatic carbocycles. The molecular formula is C74H132O9S2. The van der Waals surface area contributed by atoms with E-state index in [1.807, 2.05) is 110 Å². The highest BCUT2D eigenvalue weighted by Gasteiger charge is 2.35. The molecule has 0 radical (unpaired) electrons. The fraction of sp³-hybridized carbons (Fsp3) is 0.784. The lowest BCUT2D eigenvalue weighted by Crippen LogP contribution is -2.41. The molecular weight excluding hydrogens is 1100 g/mol. The summed E-state index contributed by atoms with van der Waals surface area (Å²) in [5, 5.41) is 10.2. The van der Waals surface area contributed by atoms with Gasteiger partial charge in [0.1, 0.15) is 29.2 Å². The zero-order valence-electron chi connectivity index (χ0n) is 59.7. The van der Waals surface area contributed by atoms with Crippen LogP contribution in [0.1, 0.15) is 306 Å². The quantitative estimate of drug-likeness (QED) is 0.0341. The molecule has 0 aliphatic carbocycles. The fourth-order valence-corrected chi connectivity index (χ4v) is 11.7. The van der Waals surface area contributed by atoms with E-state index >= 15 is 0 Å². The van der Waals surface area contributed by atoms with Crippen LogP contribution in [0.25, 0.3) is 0 Å². The van der Waals surface area contributed by atoms with Gasteiger partial charge in [0.2, 0.25) is 0 Å². The van der Waals surface area contributed by atoms with Gasteiger partial charge in [-0.1, -0.05) is 235 Å². The van der Waals surface area contributed by atoms with Crippen LogP contribution in [0.15, 0.2) is 48.6 Å². The lowest BCUT2D eigenvalue weighted by molar-refractivity contribution is -0.146. The van der Waals surface area contributed by atoms with Crippen LogP contribution in [-0.4, -0.2) is 75.4 Å². The third kappa shape index (κ3) is 48.7. The van der Waals surface area contributed by atoms with Crippen molar-refractivity contribution in [3.05, 3.63) is 59.7 Å². The number of benzene rings is 1. The maximum absolute atomic E-state index is 12.2. The van der Waals surface area contributed by atoms with Crippen LogP contribution < -0.4 is 0 Å². The van der Waals surface area contributed by atoms with Gasteiger partial charge in [0.15, 0.2) is 5.78 Å². The van der Waals surface area contributed by atoms with E-state index in [1.54, 1.807) is 0 Å². The number of hydrogen-bond acceptors (Lipinski definition) is 11. The number of rotatable bonds is 30. The van der Waals surface area contributed by atoms with Crippen molar-refractivity contribution in [2.24, 2.45) is 38.4 Å². The Balaban J connectivity index is -0.00000100. The summed E-state index contributed by atoms with van der Waals surface area (Å²) in [6.07, 6.45) is 22.1. The van der Waals surface area contributed by atoms with Crippen LogP contribution >= 0.6 is 21.6 Å². The minimum absolute atomic E-state index is 0.0156. The Hall–Kier alpha value is -2.86. The number of allylic oxidation sites excluding steroid dienone is 4. The highest BCUT2D eigenvalue weighted by Crippen LogP contribution is 2.49. The molecule has 1 fully saturated rings. The number of esters is 1. The predicted molar refractivity (Wildman–Crippen MR) is 369 cm³/mol. The lowest BCUT2D eigenvalue weighted by Gasteiger charge is -2.32. The molecule has 0 amide bonds. The molecule has 1 saturated heterocycles. The van der Waals surface area contributed by atoms with Crippen LogP contribution in [0.2, 0.25) is 0 Å². The average Bonchev–Trinajstić information content (AvgIpc) is 4.04. The maximum Gasteiger partial charge on any atom is 0.305 e. The molecule has 3 atom stereocenters. The molecule has 1 N–H and O–H groups in total. The second-order valence-electron chi connectivity index (χ2n) is 31.5. The van der Waals surface area contributed by atoms with Crippen LogP contribution in [0.4, 0.5) is 0 Å². The summed E-state index contributed by atoms with van der Waals surface area (Å²) in [5.74, 6) is 2.91. The number of ether oxygens (including phenoxy) is 2. The van der Waals surface area contributed by atoms with Gasteiger partial charge in [-0.2, -0.15) is 0 Å². The van der Waals surface area contributed by atoms with E-state index in [-0.39, 0.29) is 62.6 Å². The van der Waals surface area contributed by atoms with Gasteiger partial charge in [-0.25, -0.2) is 0 Å². The summed E-state index contributed by atoms with van der Waals surface area (Å²) in [6, 6.07) is 8.52. The van der Waals surface area contributed by atoms with E-state index in [9.17, 15) is 33.9 Å². The highest BCUT2D eigenvalue weighted by atomic mass is 33.1. The molecule has 0 spiro atoms. The number of aliphatic hydroxyl groups is 1. The Kier molecular flexibility index (Phi) is 42.9. The summed E-state index contributed by atoms with van der Waals surface area (Å²) >= 11 is 0. The zero-order valence-corrected chi connectivity index (χ0v) is 61.4. The average molecular weight is 1230 g/mol. The first kappa shape index (κ1) is 86.3. The Morgan fingerprint density at radius 2 is 1.18 bits per heavy atom. The Bertz CT molecular complexity index is 2090. The van der Waals surface area contributed by atoms with Gasteiger partial charge in [0.05, 0.1) is 18.8 Å². The van der Waals surface area contributed by atoms with Gasteiger partial charge in [0.25, 0.3) is 0 Å². The van der Waals surface area contributed by atoms with Gasteiger partial charge in [-0.3, -0.25) is 28.8 Å². The van der Waals surface area contributed by atoms with Crippen LogP contribution in [0.3, 0.4) is 0 Å². The van der Waals surface area contributed by atoms with E-state index in [0.717, 1.165) is 56.9 Å². The first-order chi connectivity index (χ1) is 38.7. The molecule has 1 unspecified atom stereocenters. The van der Waals surface area contributed by atoms with Gasteiger partial charge in [0, 0.05) is 77.6 Å². The molecule has 9 nitrogen and oxygen atoms in total. The molecule has 494 valence electrons. The van der Waals surface area contributed by atoms with E-state index in [1.165, 1.54) is 24.2 Å². The topological polar surface area (TPSA) is 141 Å². The van der Waals surface area contributed by atoms with Crippen LogP contribution in [0.5, 0.6) is 0 Å². The van der Waals surface area contributed by atoms with E-state index in [4.69, 9.17) is 9.47 Å². The van der Waals surface area contributed by atoms with Crippen molar-refractivity contribution in [2.45, 2.75) is 318 Å². The number of aliphatic hydroxyl groups excluding tert-OH is 1. The monoisotopic (exact) mass is 1230 g/mol. The van der Waals surface area contributed by atoms with E-state index in [2.05, 4.69) is 140 Å². The van der Waals surface area contributed by atoms with Gasteiger partial charge in [-0.15, -0.1) is 0 Å². The molecule has 0 bridgehead atoms. The summed E-state index contributed by atoms with van der Waals surface area (Å²) in [4.78, 5) is 70.7. The van der Waals surface area contributed by atoms with Gasteiger partial charge in [-0.05, 0) is 119 Å². The van der Waals surface area contributed by atoms with Crippen molar-refractivity contribution < 1.29 is 43.3 Å². The normalized spacial score (nSPS) is 15.8. The molecule has 85 heavy (non-hydrogen) atoms. The number of carbonyl (C=O) groups is 6. The number of hydrogen-bond donors (Lipinski definition) is 1. The maximum atomic E-state index is 12.2. The summed E-state index contributed by atoms with van der Waals surface area (Å²) in [7, 11) is 4.00. The number of Topliss-reactive ketones (excluding diaryl/α,β-unsaturated/α-hetero) is 5. The van der Waals surface area contributed by atoms with Crippen LogP contribution in [-0.2, 0) is 44.7 Å². The molecule has 0 aromatic heterocycles. The Morgan fingerprint density at radius 3 is 1.64 bits per heavy atom. The third-order valence-corrected chi connectivity index (χ3v) is 17.2. The molecule has 1 heterocycles. The Labute approximate surface area is 532 Å². The number of unbranched alkanes of at least 4 members (excludes halogenated alkanes) is 2. The minimum atomic E-state index is -1.06. The van der Waals surface area contributed by atoms with Crippen molar-refractivity contribution in [3.8, 4) is 0 Å². The van der Waals surface area contributed by atoms with Gasteiger partial charge < -0.3 is 14.6 Å². The standard InChI is InChI=1S/C18H34O4.C17H26O.C14H26O2S2.C14H26O.C11H20O/c1-7-8-10-14(19)11-9-12-15(20)16(21)18(5,6)13-22-17(2,3)4;1-12(2)11-14-7-9-15(10-8-14)13(3)16(18)17(4,5)6;1-13(2,3)11-16-12(15)7-5-6-8-14(4)9-10-17-18-14;1-7-8-9-10-14(5,6)12(15)11-13(2,3)4;1-5-6-7-8-10(12)9-11(2,3)4/h16,21H,7-13H2,1-6H3;7-10,12-13H,11H2,1-6H3;5-11H2,1-4H3;8-9H,7,10-11H2,1-6H3;6-7H,5,8-9H2,1-4H3/b;;;9-8-;7-6-/t16-;;14-;;/m0.1../s1. The molecule has 1 aliphatic rings. The SMILES string of the molecule is CC(C)(C)COC(=O)CCCC[C@]1(C)CCSS1.CC(C)Cc1ccc(C(C)C(=O)C(C)(C)C)cc1.CC/C=C\CC(=O)CC(C)(C)C.CC/C=C\CC(C)(C)C(=O)CC(C)(C)C.CCCCC(=O)CCCC(=O)[C@H](O)C(C)(C)COC(C)(C)C. The minimum Gasteiger partial charge on any atom is -0.465 e.